The summed E-state index contributed by atoms with van der Waals surface area (Å²) in [4.78, 5) is 13.9. The average Bonchev–Trinajstić information content (AvgIpc) is 3.19. The molecule has 144 valence electrons. The van der Waals surface area contributed by atoms with Crippen molar-refractivity contribution in [3.05, 3.63) is 36.4 Å². The lowest BCUT2D eigenvalue weighted by Crippen LogP contribution is -2.48. The van der Waals surface area contributed by atoms with Crippen molar-refractivity contribution in [3.63, 3.8) is 0 Å². The molecule has 1 aliphatic rings. The van der Waals surface area contributed by atoms with Crippen LogP contribution in [-0.2, 0) is 6.54 Å². The second-order valence-corrected chi connectivity index (χ2v) is 7.83. The zero-order valence-corrected chi connectivity index (χ0v) is 16.2. The van der Waals surface area contributed by atoms with Crippen LogP contribution < -0.4 is 5.32 Å². The summed E-state index contributed by atoms with van der Waals surface area (Å²) in [5.41, 5.74) is 4.00. The van der Waals surface area contributed by atoms with Gasteiger partial charge in [-0.15, -0.1) is 5.10 Å². The molecule has 28 heavy (non-hydrogen) atoms. The van der Waals surface area contributed by atoms with Crippen molar-refractivity contribution >= 4 is 22.6 Å². The van der Waals surface area contributed by atoms with Crippen LogP contribution in [0.3, 0.4) is 0 Å². The minimum absolute atomic E-state index is 0.212. The summed E-state index contributed by atoms with van der Waals surface area (Å²) in [6.07, 6.45) is 5.15. The van der Waals surface area contributed by atoms with Gasteiger partial charge in [-0.25, -0.2) is 19.5 Å². The molecular formula is C20H23N7O. The molecule has 0 aliphatic heterocycles. The van der Waals surface area contributed by atoms with Gasteiger partial charge in [0.15, 0.2) is 5.65 Å². The lowest BCUT2D eigenvalue weighted by molar-refractivity contribution is -0.0236. The third kappa shape index (κ3) is 2.72. The Morgan fingerprint density at radius 3 is 2.82 bits per heavy atom. The third-order valence-electron chi connectivity index (χ3n) is 5.50. The number of aryl methyl sites for hydroxylation is 2. The highest BCUT2D eigenvalue weighted by Crippen LogP contribution is 2.33. The number of pyridine rings is 1. The van der Waals surface area contributed by atoms with E-state index >= 15 is 0 Å². The molecule has 8 nitrogen and oxygen atoms in total. The highest BCUT2D eigenvalue weighted by atomic mass is 16.3. The molecule has 4 aromatic rings. The standard InChI is InChI=1S/C20H23N7O/c1-4-26-12(2)22-16-6-5-15(24-18(16)26)14-7-8-27-17(14)11-21-19(25-27)23-13-9-20(3,28)10-13/h5-8,11,13,28H,4,9-10H2,1-3H3,(H,23,25). The first-order chi connectivity index (χ1) is 13.4. The van der Waals surface area contributed by atoms with E-state index in [0.717, 1.165) is 40.3 Å². The van der Waals surface area contributed by atoms with E-state index in [9.17, 15) is 5.11 Å². The van der Waals surface area contributed by atoms with E-state index in [1.54, 1.807) is 0 Å². The van der Waals surface area contributed by atoms with E-state index < -0.39 is 5.60 Å². The average molecular weight is 377 g/mol. The molecule has 0 atom stereocenters. The normalized spacial score (nSPS) is 21.9. The van der Waals surface area contributed by atoms with Crippen molar-refractivity contribution in [2.75, 3.05) is 5.32 Å². The van der Waals surface area contributed by atoms with Crippen LogP contribution in [0, 0.1) is 6.92 Å². The smallest absolute Gasteiger partial charge is 0.241 e. The number of nitrogens with one attached hydrogen (secondary N) is 1. The molecule has 1 fully saturated rings. The van der Waals surface area contributed by atoms with E-state index in [1.165, 1.54) is 0 Å². The molecule has 5 rings (SSSR count). The van der Waals surface area contributed by atoms with Crippen molar-refractivity contribution in [1.82, 2.24) is 29.1 Å². The van der Waals surface area contributed by atoms with Crippen LogP contribution in [0.2, 0.25) is 0 Å². The van der Waals surface area contributed by atoms with Crippen LogP contribution in [0.25, 0.3) is 27.9 Å². The van der Waals surface area contributed by atoms with Gasteiger partial charge in [0.2, 0.25) is 5.95 Å². The summed E-state index contributed by atoms with van der Waals surface area (Å²) in [7, 11) is 0. The van der Waals surface area contributed by atoms with Gasteiger partial charge in [0.25, 0.3) is 0 Å². The van der Waals surface area contributed by atoms with E-state index in [-0.39, 0.29) is 6.04 Å². The van der Waals surface area contributed by atoms with Crippen LogP contribution in [0.4, 0.5) is 5.95 Å². The lowest BCUT2D eigenvalue weighted by atomic mass is 9.77. The highest BCUT2D eigenvalue weighted by Gasteiger charge is 2.38. The van der Waals surface area contributed by atoms with Crippen molar-refractivity contribution < 1.29 is 5.11 Å². The van der Waals surface area contributed by atoms with Gasteiger partial charge in [-0.2, -0.15) is 0 Å². The molecule has 2 N–H and O–H groups in total. The van der Waals surface area contributed by atoms with E-state index in [0.29, 0.717) is 18.8 Å². The maximum Gasteiger partial charge on any atom is 0.241 e. The first-order valence-electron chi connectivity index (χ1n) is 9.61. The van der Waals surface area contributed by atoms with Crippen LogP contribution in [0.15, 0.2) is 30.6 Å². The SMILES string of the molecule is CCn1c(C)nc2ccc(-c3ccn4nc(NC5CC(C)(O)C5)ncc34)nc21. The molecule has 4 heterocycles. The van der Waals surface area contributed by atoms with E-state index in [4.69, 9.17) is 4.98 Å². The second-order valence-electron chi connectivity index (χ2n) is 7.83. The highest BCUT2D eigenvalue weighted by molar-refractivity contribution is 5.82. The predicted octanol–water partition coefficient (Wildman–Crippen LogP) is 2.79. The van der Waals surface area contributed by atoms with Crippen molar-refractivity contribution in [3.8, 4) is 11.3 Å². The summed E-state index contributed by atoms with van der Waals surface area (Å²) in [6, 6.07) is 6.23. The fraction of sp³-hybridized carbons (Fsp3) is 0.400. The topological polar surface area (TPSA) is 93.2 Å². The van der Waals surface area contributed by atoms with Gasteiger partial charge < -0.3 is 15.0 Å². The van der Waals surface area contributed by atoms with Crippen molar-refractivity contribution in [1.29, 1.82) is 0 Å². The maximum absolute atomic E-state index is 9.88. The number of rotatable bonds is 4. The Morgan fingerprint density at radius 2 is 2.07 bits per heavy atom. The van der Waals surface area contributed by atoms with Gasteiger partial charge in [-0.1, -0.05) is 0 Å². The van der Waals surface area contributed by atoms with Crippen LogP contribution in [0.1, 0.15) is 32.5 Å². The maximum atomic E-state index is 9.88. The summed E-state index contributed by atoms with van der Waals surface area (Å²) in [5.74, 6) is 1.54. The molecule has 0 aromatic carbocycles. The van der Waals surface area contributed by atoms with Gasteiger partial charge in [0, 0.05) is 24.3 Å². The number of fused-ring (bicyclic) bond motifs is 2. The molecule has 0 bridgehead atoms. The van der Waals surface area contributed by atoms with Crippen LogP contribution in [0.5, 0.6) is 0 Å². The predicted molar refractivity (Wildman–Crippen MR) is 107 cm³/mol. The Kier molecular flexibility index (Phi) is 3.67. The zero-order valence-electron chi connectivity index (χ0n) is 16.2. The second kappa shape index (κ2) is 6.00. The van der Waals surface area contributed by atoms with Gasteiger partial charge >= 0.3 is 0 Å². The Labute approximate surface area is 162 Å². The molecule has 0 amide bonds. The fourth-order valence-corrected chi connectivity index (χ4v) is 4.11. The lowest BCUT2D eigenvalue weighted by Gasteiger charge is -2.41. The summed E-state index contributed by atoms with van der Waals surface area (Å²) in [6.45, 7) is 6.79. The van der Waals surface area contributed by atoms with E-state index in [2.05, 4.69) is 31.9 Å². The molecule has 1 aliphatic carbocycles. The number of aromatic nitrogens is 6. The largest absolute Gasteiger partial charge is 0.390 e. The minimum atomic E-state index is -0.573. The first-order valence-corrected chi connectivity index (χ1v) is 9.61. The van der Waals surface area contributed by atoms with Crippen LogP contribution >= 0.6 is 0 Å². The van der Waals surface area contributed by atoms with Gasteiger partial charge in [-0.3, -0.25) is 0 Å². The molecule has 4 aromatic heterocycles. The Hall–Kier alpha value is -3.00. The van der Waals surface area contributed by atoms with Crippen LogP contribution in [-0.4, -0.2) is 45.9 Å². The molecule has 0 saturated heterocycles. The molecular weight excluding hydrogens is 354 g/mol. The number of hydrogen-bond acceptors (Lipinski definition) is 6. The van der Waals surface area contributed by atoms with Gasteiger partial charge in [-0.05, 0) is 51.8 Å². The van der Waals surface area contributed by atoms with Gasteiger partial charge in [0.1, 0.15) is 11.3 Å². The van der Waals surface area contributed by atoms with Gasteiger partial charge in [0.05, 0.1) is 23.0 Å². The molecule has 0 spiro atoms. The monoisotopic (exact) mass is 377 g/mol. The number of hydrogen-bond donors (Lipinski definition) is 2. The first kappa shape index (κ1) is 17.1. The van der Waals surface area contributed by atoms with E-state index in [1.807, 2.05) is 49.0 Å². The number of anilines is 1. The zero-order chi connectivity index (χ0) is 19.5. The molecule has 8 heteroatoms. The summed E-state index contributed by atoms with van der Waals surface area (Å²) in [5, 5.41) is 17.7. The Bertz CT molecular complexity index is 1180. The number of nitrogens with zero attached hydrogens (tertiary/aromatic N) is 6. The number of aliphatic hydroxyl groups is 1. The minimum Gasteiger partial charge on any atom is -0.390 e. The quantitative estimate of drug-likeness (QED) is 0.568. The molecule has 0 unspecified atom stereocenters. The fourth-order valence-electron chi connectivity index (χ4n) is 4.11. The Balaban J connectivity index is 1.49. The summed E-state index contributed by atoms with van der Waals surface area (Å²) < 4.78 is 3.93. The Morgan fingerprint density at radius 1 is 1.25 bits per heavy atom. The van der Waals surface area contributed by atoms with Crippen molar-refractivity contribution in [2.24, 2.45) is 0 Å². The van der Waals surface area contributed by atoms with Crippen molar-refractivity contribution in [2.45, 2.75) is 51.8 Å². The molecule has 1 saturated carbocycles. The molecule has 0 radical (unpaired) electrons. The third-order valence-corrected chi connectivity index (χ3v) is 5.50. The number of imidazole rings is 1. The summed E-state index contributed by atoms with van der Waals surface area (Å²) >= 11 is 0.